The van der Waals surface area contributed by atoms with Gasteiger partial charge in [0.15, 0.2) is 0 Å². The van der Waals surface area contributed by atoms with Gasteiger partial charge in [-0.3, -0.25) is 9.78 Å². The van der Waals surface area contributed by atoms with Crippen LogP contribution in [0.25, 0.3) is 11.1 Å². The van der Waals surface area contributed by atoms with Crippen molar-refractivity contribution in [3.8, 4) is 22.6 Å². The zero-order valence-corrected chi connectivity index (χ0v) is 16.3. The minimum Gasteiger partial charge on any atom is -0.492 e. The van der Waals surface area contributed by atoms with Crippen LogP contribution < -0.4 is 20.5 Å². The summed E-state index contributed by atoms with van der Waals surface area (Å²) in [4.78, 5) is 15.8. The third-order valence-electron chi connectivity index (χ3n) is 4.49. The summed E-state index contributed by atoms with van der Waals surface area (Å²) in [6.07, 6.45) is 4.16. The van der Waals surface area contributed by atoms with Crippen molar-refractivity contribution in [2.24, 2.45) is 11.7 Å². The number of hydrogen-bond acceptors (Lipinski definition) is 5. The Morgan fingerprint density at radius 1 is 1.33 bits per heavy atom. The molecule has 27 heavy (non-hydrogen) atoms. The minimum absolute atomic E-state index is 0.00557. The smallest absolute Gasteiger partial charge is 0.221 e. The summed E-state index contributed by atoms with van der Waals surface area (Å²) in [7, 11) is 0. The summed E-state index contributed by atoms with van der Waals surface area (Å²) in [5.74, 6) is 1.88. The fourth-order valence-corrected chi connectivity index (χ4v) is 3.45. The zero-order valence-electron chi connectivity index (χ0n) is 16.3. The molecule has 1 aromatic carbocycles. The number of amides is 1. The number of nitrogens with zero attached hydrogens (tertiary/aromatic N) is 1. The molecule has 0 radical (unpaired) electrons. The molecule has 0 fully saturated rings. The van der Waals surface area contributed by atoms with Gasteiger partial charge >= 0.3 is 0 Å². The number of aromatic nitrogens is 1. The second-order valence-electron chi connectivity index (χ2n) is 7.45. The Bertz CT molecular complexity index is 835. The Labute approximate surface area is 160 Å². The van der Waals surface area contributed by atoms with Crippen molar-refractivity contribution < 1.29 is 14.3 Å². The van der Waals surface area contributed by atoms with Gasteiger partial charge in [-0.25, -0.2) is 0 Å². The quantitative estimate of drug-likeness (QED) is 0.806. The molecule has 1 aliphatic heterocycles. The molecule has 2 heterocycles. The van der Waals surface area contributed by atoms with Gasteiger partial charge in [0, 0.05) is 41.9 Å². The lowest BCUT2D eigenvalue weighted by Crippen LogP contribution is -2.29. The molecule has 2 unspecified atom stereocenters. The highest BCUT2D eigenvalue weighted by Crippen LogP contribution is 2.45. The maximum Gasteiger partial charge on any atom is 0.221 e. The monoisotopic (exact) mass is 369 g/mol. The van der Waals surface area contributed by atoms with Crippen molar-refractivity contribution in [3.63, 3.8) is 0 Å². The van der Waals surface area contributed by atoms with Gasteiger partial charge in [-0.05, 0) is 31.4 Å². The van der Waals surface area contributed by atoms with Crippen LogP contribution in [0.4, 0.5) is 5.69 Å². The van der Waals surface area contributed by atoms with Crippen LogP contribution in [0.1, 0.15) is 45.8 Å². The van der Waals surface area contributed by atoms with E-state index in [1.165, 1.54) is 6.92 Å². The maximum absolute atomic E-state index is 11.5. The predicted octanol–water partition coefficient (Wildman–Crippen LogP) is 3.91. The first kappa shape index (κ1) is 19.2. The summed E-state index contributed by atoms with van der Waals surface area (Å²) in [6, 6.07) is 5.77. The Morgan fingerprint density at radius 2 is 2.11 bits per heavy atom. The molecule has 0 saturated heterocycles. The molecular weight excluding hydrogens is 342 g/mol. The Balaban J connectivity index is 1.85. The topological polar surface area (TPSA) is 86.5 Å². The van der Waals surface area contributed by atoms with Crippen LogP contribution in [-0.4, -0.2) is 23.5 Å². The highest BCUT2D eigenvalue weighted by atomic mass is 16.5. The van der Waals surface area contributed by atoms with Crippen LogP contribution >= 0.6 is 0 Å². The van der Waals surface area contributed by atoms with E-state index in [1.807, 2.05) is 25.1 Å². The highest BCUT2D eigenvalue weighted by molar-refractivity contribution is 5.92. The van der Waals surface area contributed by atoms with E-state index in [-0.39, 0.29) is 18.1 Å². The molecule has 1 aromatic heterocycles. The second-order valence-corrected chi connectivity index (χ2v) is 7.45. The van der Waals surface area contributed by atoms with Crippen molar-refractivity contribution in [2.75, 3.05) is 11.9 Å². The van der Waals surface area contributed by atoms with Gasteiger partial charge in [0.05, 0.1) is 11.9 Å². The molecule has 144 valence electrons. The van der Waals surface area contributed by atoms with Crippen molar-refractivity contribution >= 4 is 11.6 Å². The van der Waals surface area contributed by atoms with Gasteiger partial charge in [-0.1, -0.05) is 13.8 Å². The van der Waals surface area contributed by atoms with Crippen molar-refractivity contribution in [1.29, 1.82) is 0 Å². The lowest BCUT2D eigenvalue weighted by Gasteiger charge is -2.28. The number of carbonyl (C=O) groups is 1. The average molecular weight is 369 g/mol. The molecule has 6 nitrogen and oxygen atoms in total. The first-order valence-corrected chi connectivity index (χ1v) is 9.30. The minimum atomic E-state index is -0.212. The number of nitrogens with one attached hydrogen (secondary N) is 1. The van der Waals surface area contributed by atoms with Gasteiger partial charge < -0.3 is 20.5 Å². The summed E-state index contributed by atoms with van der Waals surface area (Å²) in [6.45, 7) is 8.20. The number of benzene rings is 1. The van der Waals surface area contributed by atoms with Crippen LogP contribution in [-0.2, 0) is 4.79 Å². The van der Waals surface area contributed by atoms with E-state index < -0.39 is 0 Å². The van der Waals surface area contributed by atoms with Crippen molar-refractivity contribution in [2.45, 2.75) is 46.3 Å². The van der Waals surface area contributed by atoms with Crippen LogP contribution in [0, 0.1) is 5.92 Å². The number of pyridine rings is 1. The lowest BCUT2D eigenvalue weighted by molar-refractivity contribution is -0.114. The first-order valence-electron chi connectivity index (χ1n) is 9.30. The number of rotatable bonds is 6. The number of hydrogen-bond donors (Lipinski definition) is 2. The van der Waals surface area contributed by atoms with Crippen LogP contribution in [0.15, 0.2) is 30.6 Å². The van der Waals surface area contributed by atoms with Crippen molar-refractivity contribution in [1.82, 2.24) is 4.98 Å². The number of ether oxygens (including phenoxy) is 2. The number of fused-ring (bicyclic) bond motifs is 3. The van der Waals surface area contributed by atoms with E-state index in [0.717, 1.165) is 34.6 Å². The predicted molar refractivity (Wildman–Crippen MR) is 106 cm³/mol. The van der Waals surface area contributed by atoms with E-state index in [4.69, 9.17) is 15.2 Å². The van der Waals surface area contributed by atoms with E-state index in [2.05, 4.69) is 24.1 Å². The summed E-state index contributed by atoms with van der Waals surface area (Å²) in [5.41, 5.74) is 9.60. The van der Waals surface area contributed by atoms with Gasteiger partial charge in [-0.15, -0.1) is 0 Å². The molecule has 0 aliphatic carbocycles. The average Bonchev–Trinajstić information content (AvgIpc) is 2.58. The fraction of sp³-hybridized carbons (Fsp3) is 0.429. The normalized spacial score (nSPS) is 16.1. The van der Waals surface area contributed by atoms with Crippen LogP contribution in [0.5, 0.6) is 11.5 Å². The Hall–Kier alpha value is -2.60. The molecule has 6 heteroatoms. The van der Waals surface area contributed by atoms with E-state index >= 15 is 0 Å². The number of anilines is 1. The van der Waals surface area contributed by atoms with Gasteiger partial charge in [0.25, 0.3) is 0 Å². The Morgan fingerprint density at radius 3 is 2.81 bits per heavy atom. The van der Waals surface area contributed by atoms with Crippen LogP contribution in [0.3, 0.4) is 0 Å². The molecular formula is C21H27N3O3. The number of nitrogens with two attached hydrogens (primary N) is 1. The molecule has 1 amide bonds. The van der Waals surface area contributed by atoms with E-state index in [1.54, 1.807) is 12.4 Å². The molecule has 1 aliphatic rings. The lowest BCUT2D eigenvalue weighted by atomic mass is 9.94. The first-order chi connectivity index (χ1) is 12.8. The van der Waals surface area contributed by atoms with Gasteiger partial charge in [0.2, 0.25) is 5.91 Å². The second kappa shape index (κ2) is 7.96. The molecule has 0 saturated carbocycles. The van der Waals surface area contributed by atoms with Gasteiger partial charge in [0.1, 0.15) is 24.2 Å². The Kier molecular flexibility index (Phi) is 5.65. The molecule has 3 rings (SSSR count). The molecule has 2 atom stereocenters. The maximum atomic E-state index is 11.5. The molecule has 2 aromatic rings. The standard InChI is InChI=1S/C21H27N3O3/c1-12(2)7-15(22)11-26-16-5-6-17-18-9-23-10-19(24-14(4)25)21(18)13(3)27-20(17)8-16/h5-6,8-10,12-13,15H,7,11,22H2,1-4H3,(H,24,25). The summed E-state index contributed by atoms with van der Waals surface area (Å²) >= 11 is 0. The van der Waals surface area contributed by atoms with E-state index in [0.29, 0.717) is 18.2 Å². The fourth-order valence-electron chi connectivity index (χ4n) is 3.45. The van der Waals surface area contributed by atoms with Crippen LogP contribution in [0.2, 0.25) is 0 Å². The third-order valence-corrected chi connectivity index (χ3v) is 4.49. The number of carbonyl (C=O) groups excluding carboxylic acids is 1. The van der Waals surface area contributed by atoms with Gasteiger partial charge in [-0.2, -0.15) is 0 Å². The summed E-state index contributed by atoms with van der Waals surface area (Å²) < 4.78 is 12.0. The van der Waals surface area contributed by atoms with Crippen molar-refractivity contribution in [3.05, 3.63) is 36.2 Å². The molecule has 0 spiro atoms. The van der Waals surface area contributed by atoms with E-state index in [9.17, 15) is 4.79 Å². The summed E-state index contributed by atoms with van der Waals surface area (Å²) in [5, 5.41) is 2.83. The molecule has 3 N–H and O–H groups in total. The highest BCUT2D eigenvalue weighted by Gasteiger charge is 2.27. The molecule has 0 bridgehead atoms. The SMILES string of the molecule is CC(=O)Nc1cncc2c1C(C)Oc1cc(OCC(N)CC(C)C)ccc1-2. The zero-order chi connectivity index (χ0) is 19.6. The third kappa shape index (κ3) is 4.39. The largest absolute Gasteiger partial charge is 0.492 e.